The topological polar surface area (TPSA) is 57.8 Å². The molecule has 1 amide bonds. The molecule has 1 aromatic carbocycles. The van der Waals surface area contributed by atoms with Crippen LogP contribution in [0.25, 0.3) is 11.0 Å². The normalized spacial score (nSPS) is 15.3. The van der Waals surface area contributed by atoms with Gasteiger partial charge in [0, 0.05) is 10.3 Å². The Morgan fingerprint density at radius 2 is 2.13 bits per heavy atom. The molecule has 2 N–H and O–H groups in total. The first kappa shape index (κ1) is 14.5. The molecule has 23 heavy (non-hydrogen) atoms. The molecule has 0 unspecified atom stereocenters. The summed E-state index contributed by atoms with van der Waals surface area (Å²) in [5.41, 5.74) is 4.04. The number of nitrogens with zero attached hydrogens (tertiary/aromatic N) is 1. The minimum absolute atomic E-state index is 0.0114. The van der Waals surface area contributed by atoms with Gasteiger partial charge >= 0.3 is 0 Å². The third kappa shape index (κ3) is 2.65. The van der Waals surface area contributed by atoms with Gasteiger partial charge in [-0.2, -0.15) is 0 Å². The molecule has 0 aliphatic heterocycles. The van der Waals surface area contributed by atoms with E-state index in [0.29, 0.717) is 0 Å². The van der Waals surface area contributed by atoms with Gasteiger partial charge in [-0.05, 0) is 50.3 Å². The maximum absolute atomic E-state index is 12.6. The number of thiophene rings is 1. The maximum Gasteiger partial charge on any atom is 0.252 e. The fourth-order valence-corrected chi connectivity index (χ4v) is 4.33. The molecule has 0 fully saturated rings. The molecule has 0 spiro atoms. The van der Waals surface area contributed by atoms with Crippen LogP contribution in [-0.2, 0) is 12.8 Å². The van der Waals surface area contributed by atoms with Crippen LogP contribution in [0.1, 0.15) is 52.4 Å². The number of imidazole rings is 1. The van der Waals surface area contributed by atoms with Crippen molar-refractivity contribution in [1.82, 2.24) is 15.3 Å². The minimum Gasteiger partial charge on any atom is -0.342 e. The molecule has 118 valence electrons. The Morgan fingerprint density at radius 3 is 3.00 bits per heavy atom. The van der Waals surface area contributed by atoms with Gasteiger partial charge in [0.05, 0.1) is 22.6 Å². The Bertz CT molecular complexity index is 831. The third-order valence-electron chi connectivity index (χ3n) is 4.47. The van der Waals surface area contributed by atoms with Crippen LogP contribution in [0, 0.1) is 0 Å². The van der Waals surface area contributed by atoms with E-state index in [1.807, 2.05) is 36.6 Å². The first-order chi connectivity index (χ1) is 11.2. The number of benzene rings is 1. The molecule has 4 nitrogen and oxygen atoms in total. The highest BCUT2D eigenvalue weighted by atomic mass is 32.1. The van der Waals surface area contributed by atoms with E-state index >= 15 is 0 Å². The van der Waals surface area contributed by atoms with E-state index in [-0.39, 0.29) is 11.9 Å². The van der Waals surface area contributed by atoms with Gasteiger partial charge in [-0.25, -0.2) is 4.98 Å². The van der Waals surface area contributed by atoms with Gasteiger partial charge in [-0.3, -0.25) is 4.79 Å². The highest BCUT2D eigenvalue weighted by molar-refractivity contribution is 7.10. The van der Waals surface area contributed by atoms with E-state index in [1.54, 1.807) is 11.3 Å². The Balaban J connectivity index is 1.55. The van der Waals surface area contributed by atoms with Gasteiger partial charge in [0.1, 0.15) is 5.82 Å². The van der Waals surface area contributed by atoms with Crippen LogP contribution in [0.3, 0.4) is 0 Å². The molecule has 0 radical (unpaired) electrons. The monoisotopic (exact) mass is 325 g/mol. The van der Waals surface area contributed by atoms with Crippen molar-refractivity contribution in [2.75, 3.05) is 0 Å². The molecule has 5 heteroatoms. The smallest absolute Gasteiger partial charge is 0.252 e. The van der Waals surface area contributed by atoms with Gasteiger partial charge in [0.25, 0.3) is 5.91 Å². The zero-order valence-electron chi connectivity index (χ0n) is 13.1. The van der Waals surface area contributed by atoms with Crippen molar-refractivity contribution in [3.05, 3.63) is 51.5 Å². The van der Waals surface area contributed by atoms with E-state index in [1.165, 1.54) is 23.3 Å². The molecule has 1 aliphatic rings. The number of carbonyl (C=O) groups excluding carboxylic acids is 1. The number of hydrogen-bond donors (Lipinski definition) is 2. The summed E-state index contributed by atoms with van der Waals surface area (Å²) in [6.07, 6.45) is 4.57. The summed E-state index contributed by atoms with van der Waals surface area (Å²) >= 11 is 1.72. The zero-order valence-corrected chi connectivity index (χ0v) is 13.9. The van der Waals surface area contributed by atoms with Crippen molar-refractivity contribution in [3.63, 3.8) is 0 Å². The largest absolute Gasteiger partial charge is 0.342 e. The van der Waals surface area contributed by atoms with Crippen LogP contribution in [0.5, 0.6) is 0 Å². The molecule has 2 heterocycles. The first-order valence-electron chi connectivity index (χ1n) is 8.07. The second-order valence-electron chi connectivity index (χ2n) is 6.09. The predicted molar refractivity (Wildman–Crippen MR) is 92.9 cm³/mol. The number of amides is 1. The Kier molecular flexibility index (Phi) is 3.65. The molecule has 4 rings (SSSR count). The number of para-hydroxylation sites is 2. The summed E-state index contributed by atoms with van der Waals surface area (Å²) in [5.74, 6) is 0.806. The Labute approximate surface area is 138 Å². The van der Waals surface area contributed by atoms with Crippen molar-refractivity contribution in [3.8, 4) is 0 Å². The quantitative estimate of drug-likeness (QED) is 0.765. The fourth-order valence-electron chi connectivity index (χ4n) is 3.20. The molecule has 3 aromatic rings. The SMILES string of the molecule is C[C@H](NC(=O)c1csc2c1CCCC2)c1nc2ccccc2[nH]1. The van der Waals surface area contributed by atoms with Crippen LogP contribution < -0.4 is 5.32 Å². The van der Waals surface area contributed by atoms with E-state index in [0.717, 1.165) is 35.3 Å². The first-order valence-corrected chi connectivity index (χ1v) is 8.95. The van der Waals surface area contributed by atoms with Gasteiger partial charge < -0.3 is 10.3 Å². The minimum atomic E-state index is -0.144. The number of aromatic amines is 1. The van der Waals surface area contributed by atoms with E-state index < -0.39 is 0 Å². The molecule has 2 aromatic heterocycles. The van der Waals surface area contributed by atoms with E-state index in [9.17, 15) is 4.79 Å². The van der Waals surface area contributed by atoms with Gasteiger partial charge in [-0.1, -0.05) is 12.1 Å². The average Bonchev–Trinajstić information content (AvgIpc) is 3.18. The van der Waals surface area contributed by atoms with Crippen molar-refractivity contribution < 1.29 is 4.79 Å². The summed E-state index contributed by atoms with van der Waals surface area (Å²) in [6.45, 7) is 1.97. The van der Waals surface area contributed by atoms with Gasteiger partial charge in [0.15, 0.2) is 0 Å². The summed E-state index contributed by atoms with van der Waals surface area (Å²) < 4.78 is 0. The summed E-state index contributed by atoms with van der Waals surface area (Å²) in [7, 11) is 0. The molecular weight excluding hydrogens is 306 g/mol. The Morgan fingerprint density at radius 1 is 1.30 bits per heavy atom. The lowest BCUT2D eigenvalue weighted by molar-refractivity contribution is 0.0938. The highest BCUT2D eigenvalue weighted by Gasteiger charge is 2.22. The van der Waals surface area contributed by atoms with Gasteiger partial charge in [0.2, 0.25) is 0 Å². The summed E-state index contributed by atoms with van der Waals surface area (Å²) in [6, 6.07) is 7.77. The number of H-pyrrole nitrogens is 1. The lowest BCUT2D eigenvalue weighted by atomic mass is 9.95. The van der Waals surface area contributed by atoms with Crippen LogP contribution in [0.2, 0.25) is 0 Å². The van der Waals surface area contributed by atoms with Gasteiger partial charge in [-0.15, -0.1) is 11.3 Å². The summed E-state index contributed by atoms with van der Waals surface area (Å²) in [5, 5.41) is 5.09. The fraction of sp³-hybridized carbons (Fsp3) is 0.333. The summed E-state index contributed by atoms with van der Waals surface area (Å²) in [4.78, 5) is 21.9. The van der Waals surface area contributed by atoms with Crippen molar-refractivity contribution >= 4 is 28.3 Å². The van der Waals surface area contributed by atoms with Crippen LogP contribution in [0.4, 0.5) is 0 Å². The molecule has 1 atom stereocenters. The predicted octanol–water partition coefficient (Wildman–Crippen LogP) is 3.99. The Hall–Kier alpha value is -2.14. The van der Waals surface area contributed by atoms with E-state index in [4.69, 9.17) is 0 Å². The molecular formula is C18H19N3OS. The second kappa shape index (κ2) is 5.81. The van der Waals surface area contributed by atoms with Crippen molar-refractivity contribution in [1.29, 1.82) is 0 Å². The van der Waals surface area contributed by atoms with E-state index in [2.05, 4.69) is 15.3 Å². The molecule has 0 saturated carbocycles. The molecule has 0 bridgehead atoms. The zero-order chi connectivity index (χ0) is 15.8. The van der Waals surface area contributed by atoms with Crippen molar-refractivity contribution in [2.24, 2.45) is 0 Å². The lowest BCUT2D eigenvalue weighted by Crippen LogP contribution is -2.28. The van der Waals surface area contributed by atoms with Crippen LogP contribution in [-0.4, -0.2) is 15.9 Å². The second-order valence-corrected chi connectivity index (χ2v) is 7.06. The lowest BCUT2D eigenvalue weighted by Gasteiger charge is -2.15. The number of hydrogen-bond acceptors (Lipinski definition) is 3. The van der Waals surface area contributed by atoms with Crippen LogP contribution >= 0.6 is 11.3 Å². The van der Waals surface area contributed by atoms with Crippen molar-refractivity contribution in [2.45, 2.75) is 38.6 Å². The number of aryl methyl sites for hydroxylation is 1. The maximum atomic E-state index is 12.6. The third-order valence-corrected chi connectivity index (χ3v) is 5.56. The number of carbonyl (C=O) groups is 1. The number of fused-ring (bicyclic) bond motifs is 2. The number of rotatable bonds is 3. The average molecular weight is 325 g/mol. The van der Waals surface area contributed by atoms with Crippen LogP contribution in [0.15, 0.2) is 29.6 Å². The molecule has 0 saturated heterocycles. The standard InChI is InChI=1S/C18H19N3OS/c1-11(17-20-14-7-3-4-8-15(14)21-17)19-18(22)13-10-23-16-9-5-2-6-12(13)16/h3-4,7-8,10-11H,2,5-6,9H2,1H3,(H,19,22)(H,20,21)/t11-/m0/s1. The molecule has 1 aliphatic carbocycles. The number of nitrogens with one attached hydrogen (secondary N) is 2. The number of aromatic nitrogens is 2. The highest BCUT2D eigenvalue weighted by Crippen LogP contribution is 2.30.